The normalized spacial score (nSPS) is 20.4. The summed E-state index contributed by atoms with van der Waals surface area (Å²) in [7, 11) is 2.11. The number of primary amides is 1. The van der Waals surface area contributed by atoms with Crippen LogP contribution >= 0.6 is 0 Å². The molecule has 1 heterocycles. The Morgan fingerprint density at radius 1 is 1.38 bits per heavy atom. The Morgan fingerprint density at radius 3 is 2.54 bits per heavy atom. The summed E-state index contributed by atoms with van der Waals surface area (Å²) in [6, 6.07) is 0. The molecule has 1 aliphatic rings. The Kier molecular flexibility index (Phi) is 4.14. The summed E-state index contributed by atoms with van der Waals surface area (Å²) in [5.74, 6) is -0.248. The first kappa shape index (κ1) is 10.4. The van der Waals surface area contributed by atoms with Gasteiger partial charge in [0.2, 0.25) is 5.91 Å². The number of hydrogen-bond acceptors (Lipinski definition) is 4. The minimum Gasteiger partial charge on any atom is -0.370 e. The molecule has 0 aliphatic carbocycles. The highest BCUT2D eigenvalue weighted by Crippen LogP contribution is 1.94. The molecule has 76 valence electrons. The summed E-state index contributed by atoms with van der Waals surface area (Å²) < 4.78 is 0. The van der Waals surface area contributed by atoms with Crippen LogP contribution in [0, 0.1) is 0 Å². The van der Waals surface area contributed by atoms with E-state index in [1.54, 1.807) is 0 Å². The maximum atomic E-state index is 10.4. The second-order valence-corrected chi connectivity index (χ2v) is 3.41. The van der Waals surface area contributed by atoms with Crippen molar-refractivity contribution in [1.29, 1.82) is 0 Å². The number of rotatable bonds is 4. The van der Waals surface area contributed by atoms with Gasteiger partial charge in [0.05, 0.1) is 0 Å². The van der Waals surface area contributed by atoms with E-state index < -0.39 is 0 Å². The minimum atomic E-state index is -0.248. The Balaban J connectivity index is 2.05. The standard InChI is InChI=1S/C8H18N4O/c1-11-4-6-12(7-5-11)10-3-2-8(9)13/h10H,2-7H2,1H3,(H2,9,13). The van der Waals surface area contributed by atoms with Crippen molar-refractivity contribution in [1.82, 2.24) is 15.3 Å². The molecule has 0 bridgehead atoms. The van der Waals surface area contributed by atoms with Gasteiger partial charge in [-0.1, -0.05) is 0 Å². The Hall–Kier alpha value is -0.650. The smallest absolute Gasteiger partial charge is 0.218 e. The topological polar surface area (TPSA) is 61.6 Å². The number of carbonyl (C=O) groups excluding carboxylic acids is 1. The Morgan fingerprint density at radius 2 is 2.00 bits per heavy atom. The predicted molar refractivity (Wildman–Crippen MR) is 50.9 cm³/mol. The van der Waals surface area contributed by atoms with Gasteiger partial charge in [0.15, 0.2) is 0 Å². The van der Waals surface area contributed by atoms with Crippen LogP contribution in [-0.2, 0) is 4.79 Å². The molecule has 1 fully saturated rings. The summed E-state index contributed by atoms with van der Waals surface area (Å²) in [6.07, 6.45) is 0.409. The van der Waals surface area contributed by atoms with Gasteiger partial charge in [0.1, 0.15) is 0 Å². The zero-order valence-corrected chi connectivity index (χ0v) is 8.12. The lowest BCUT2D eigenvalue weighted by atomic mass is 10.4. The molecule has 0 aromatic heterocycles. The summed E-state index contributed by atoms with van der Waals surface area (Å²) >= 11 is 0. The van der Waals surface area contributed by atoms with Crippen LogP contribution < -0.4 is 11.2 Å². The van der Waals surface area contributed by atoms with Crippen molar-refractivity contribution >= 4 is 5.91 Å². The van der Waals surface area contributed by atoms with Crippen LogP contribution in [0.4, 0.5) is 0 Å². The van der Waals surface area contributed by atoms with Crippen molar-refractivity contribution in [2.75, 3.05) is 39.8 Å². The molecule has 0 atom stereocenters. The third-order valence-electron chi connectivity index (χ3n) is 2.21. The molecular formula is C8H18N4O. The van der Waals surface area contributed by atoms with Crippen molar-refractivity contribution in [3.8, 4) is 0 Å². The van der Waals surface area contributed by atoms with Gasteiger partial charge >= 0.3 is 0 Å². The zero-order chi connectivity index (χ0) is 9.68. The zero-order valence-electron chi connectivity index (χ0n) is 8.12. The number of amides is 1. The van der Waals surface area contributed by atoms with E-state index in [9.17, 15) is 4.79 Å². The molecule has 0 spiro atoms. The molecule has 5 nitrogen and oxygen atoms in total. The lowest BCUT2D eigenvalue weighted by Crippen LogP contribution is -2.51. The predicted octanol–water partition coefficient (Wildman–Crippen LogP) is -1.39. The molecule has 0 unspecified atom stereocenters. The molecule has 0 aromatic rings. The van der Waals surface area contributed by atoms with Crippen LogP contribution in [0.2, 0.25) is 0 Å². The van der Waals surface area contributed by atoms with E-state index in [1.165, 1.54) is 0 Å². The second kappa shape index (κ2) is 5.16. The van der Waals surface area contributed by atoms with Gasteiger partial charge in [-0.25, -0.2) is 5.01 Å². The molecular weight excluding hydrogens is 168 g/mol. The van der Waals surface area contributed by atoms with Gasteiger partial charge in [-0.3, -0.25) is 10.2 Å². The van der Waals surface area contributed by atoms with Gasteiger partial charge in [-0.2, -0.15) is 0 Å². The lowest BCUT2D eigenvalue weighted by molar-refractivity contribution is -0.118. The SMILES string of the molecule is CN1CCN(NCCC(N)=O)CC1. The van der Waals surface area contributed by atoms with Crippen LogP contribution in [0.5, 0.6) is 0 Å². The largest absolute Gasteiger partial charge is 0.370 e. The fourth-order valence-corrected chi connectivity index (χ4v) is 1.30. The molecule has 3 N–H and O–H groups in total. The highest BCUT2D eigenvalue weighted by molar-refractivity contribution is 5.73. The third kappa shape index (κ3) is 4.21. The van der Waals surface area contributed by atoms with E-state index >= 15 is 0 Å². The summed E-state index contributed by atoms with van der Waals surface area (Å²) in [6.45, 7) is 4.82. The number of hydrazine groups is 1. The maximum absolute atomic E-state index is 10.4. The third-order valence-corrected chi connectivity index (χ3v) is 2.21. The monoisotopic (exact) mass is 186 g/mol. The number of nitrogens with zero attached hydrogens (tertiary/aromatic N) is 2. The number of nitrogens with one attached hydrogen (secondary N) is 1. The number of nitrogens with two attached hydrogens (primary N) is 1. The van der Waals surface area contributed by atoms with Crippen molar-refractivity contribution < 1.29 is 4.79 Å². The van der Waals surface area contributed by atoms with Crippen molar-refractivity contribution in [2.45, 2.75) is 6.42 Å². The Bertz CT molecular complexity index is 166. The molecule has 5 heteroatoms. The van der Waals surface area contributed by atoms with Crippen molar-refractivity contribution in [3.63, 3.8) is 0 Å². The van der Waals surface area contributed by atoms with E-state index in [4.69, 9.17) is 5.73 Å². The average Bonchev–Trinajstić information content (AvgIpc) is 2.08. The van der Waals surface area contributed by atoms with Crippen LogP contribution in [-0.4, -0.2) is 55.6 Å². The summed E-state index contributed by atoms with van der Waals surface area (Å²) in [4.78, 5) is 12.7. The van der Waals surface area contributed by atoms with E-state index in [0.717, 1.165) is 26.2 Å². The van der Waals surface area contributed by atoms with Crippen LogP contribution in [0.25, 0.3) is 0 Å². The Labute approximate surface area is 78.8 Å². The number of piperazine rings is 1. The molecule has 13 heavy (non-hydrogen) atoms. The van der Waals surface area contributed by atoms with Gasteiger partial charge in [-0.15, -0.1) is 0 Å². The lowest BCUT2D eigenvalue weighted by Gasteiger charge is -2.32. The molecule has 1 amide bonds. The summed E-state index contributed by atoms with van der Waals surface area (Å²) in [5.41, 5.74) is 8.20. The molecule has 0 aromatic carbocycles. The van der Waals surface area contributed by atoms with Crippen molar-refractivity contribution in [2.24, 2.45) is 5.73 Å². The highest BCUT2D eigenvalue weighted by atomic mass is 16.1. The quantitative estimate of drug-likeness (QED) is 0.568. The molecule has 1 rings (SSSR count). The first-order chi connectivity index (χ1) is 6.18. The fourth-order valence-electron chi connectivity index (χ4n) is 1.30. The van der Waals surface area contributed by atoms with Gasteiger partial charge in [-0.05, 0) is 7.05 Å². The molecule has 0 radical (unpaired) electrons. The maximum Gasteiger partial charge on any atom is 0.218 e. The van der Waals surface area contributed by atoms with Gasteiger partial charge in [0.25, 0.3) is 0 Å². The second-order valence-electron chi connectivity index (χ2n) is 3.41. The fraction of sp³-hybridized carbons (Fsp3) is 0.875. The molecule has 1 aliphatic heterocycles. The first-order valence-electron chi connectivity index (χ1n) is 4.64. The average molecular weight is 186 g/mol. The first-order valence-corrected chi connectivity index (χ1v) is 4.64. The number of carbonyl (C=O) groups is 1. The van der Waals surface area contributed by atoms with E-state index in [1.807, 2.05) is 0 Å². The minimum absolute atomic E-state index is 0.248. The van der Waals surface area contributed by atoms with Crippen LogP contribution in [0.15, 0.2) is 0 Å². The van der Waals surface area contributed by atoms with Crippen molar-refractivity contribution in [3.05, 3.63) is 0 Å². The molecule has 0 saturated carbocycles. The van der Waals surface area contributed by atoms with E-state index in [-0.39, 0.29) is 5.91 Å². The number of likely N-dealkylation sites (N-methyl/N-ethyl adjacent to an activating group) is 1. The number of hydrogen-bond donors (Lipinski definition) is 2. The van der Waals surface area contributed by atoms with E-state index in [2.05, 4.69) is 22.4 Å². The van der Waals surface area contributed by atoms with Gasteiger partial charge in [0, 0.05) is 39.1 Å². The van der Waals surface area contributed by atoms with Crippen LogP contribution in [0.3, 0.4) is 0 Å². The summed E-state index contributed by atoms with van der Waals surface area (Å²) in [5, 5.41) is 2.14. The van der Waals surface area contributed by atoms with Gasteiger partial charge < -0.3 is 10.6 Å². The molecule has 1 saturated heterocycles. The highest BCUT2D eigenvalue weighted by Gasteiger charge is 2.12. The van der Waals surface area contributed by atoms with Crippen LogP contribution in [0.1, 0.15) is 6.42 Å². The van der Waals surface area contributed by atoms with E-state index in [0.29, 0.717) is 13.0 Å².